The van der Waals surface area contributed by atoms with Crippen molar-refractivity contribution in [3.8, 4) is 11.5 Å². The molecule has 2 atom stereocenters. The Morgan fingerprint density at radius 1 is 0.806 bits per heavy atom. The number of nitrogens with two attached hydrogens (primary N) is 1. The maximum atomic E-state index is 13.1. The van der Waals surface area contributed by atoms with Crippen LogP contribution >= 0.6 is 0 Å². The number of ether oxygens (including phenoxy) is 2. The van der Waals surface area contributed by atoms with Gasteiger partial charge in [-0.1, -0.05) is 66.7 Å². The summed E-state index contributed by atoms with van der Waals surface area (Å²) < 4.78 is 39.7. The highest BCUT2D eigenvalue weighted by atomic mass is 32.2. The van der Waals surface area contributed by atoms with E-state index in [-0.39, 0.29) is 12.2 Å². The molecule has 0 spiro atoms. The van der Waals surface area contributed by atoms with Crippen LogP contribution < -0.4 is 19.9 Å². The molecule has 6 nitrogen and oxygen atoms in total. The maximum absolute atomic E-state index is 13.1. The molecule has 0 bridgehead atoms. The molecule has 0 heterocycles. The number of rotatable bonds is 10. The molecule has 0 saturated carbocycles. The van der Waals surface area contributed by atoms with Crippen molar-refractivity contribution in [2.45, 2.75) is 18.5 Å². The van der Waals surface area contributed by atoms with E-state index in [0.29, 0.717) is 17.1 Å². The monoisotopic (exact) mass is 440 g/mol. The lowest BCUT2D eigenvalue weighted by Gasteiger charge is -2.26. The van der Waals surface area contributed by atoms with Crippen molar-refractivity contribution < 1.29 is 17.9 Å². The second kappa shape index (κ2) is 10.4. The number of hydrogen-bond donors (Lipinski definition) is 2. The van der Waals surface area contributed by atoms with Gasteiger partial charge in [-0.05, 0) is 29.7 Å². The first-order valence-corrected chi connectivity index (χ1v) is 11.7. The van der Waals surface area contributed by atoms with Crippen LogP contribution in [0.1, 0.15) is 28.8 Å². The van der Waals surface area contributed by atoms with Crippen LogP contribution in [0.3, 0.4) is 0 Å². The first-order chi connectivity index (χ1) is 14.9. The zero-order valence-corrected chi connectivity index (χ0v) is 18.5. The van der Waals surface area contributed by atoms with E-state index in [1.165, 1.54) is 0 Å². The first kappa shape index (κ1) is 22.8. The highest BCUT2D eigenvalue weighted by Crippen LogP contribution is 2.30. The maximum Gasteiger partial charge on any atom is 0.212 e. The van der Waals surface area contributed by atoms with Crippen LogP contribution in [0, 0.1) is 0 Å². The molecule has 3 N–H and O–H groups in total. The molecule has 0 saturated heterocycles. The fraction of sp³-hybridized carbons (Fsp3) is 0.250. The van der Waals surface area contributed by atoms with Gasteiger partial charge in [0.2, 0.25) is 10.0 Å². The van der Waals surface area contributed by atoms with Gasteiger partial charge in [-0.25, -0.2) is 13.1 Å². The first-order valence-electron chi connectivity index (χ1n) is 10.0. The highest BCUT2D eigenvalue weighted by Gasteiger charge is 2.27. The van der Waals surface area contributed by atoms with Crippen LogP contribution in [-0.4, -0.2) is 28.4 Å². The van der Waals surface area contributed by atoms with E-state index < -0.39 is 22.1 Å². The number of benzene rings is 3. The predicted octanol–water partition coefficient (Wildman–Crippen LogP) is 3.61. The summed E-state index contributed by atoms with van der Waals surface area (Å²) in [5.74, 6) is 1.06. The van der Waals surface area contributed by atoms with Gasteiger partial charge in [0.15, 0.2) is 0 Å². The fourth-order valence-corrected chi connectivity index (χ4v) is 4.80. The van der Waals surface area contributed by atoms with Crippen molar-refractivity contribution in [1.82, 2.24) is 4.72 Å². The molecule has 31 heavy (non-hydrogen) atoms. The van der Waals surface area contributed by atoms with E-state index in [9.17, 15) is 8.42 Å². The minimum absolute atomic E-state index is 0.130. The third-order valence-corrected chi connectivity index (χ3v) is 6.51. The highest BCUT2D eigenvalue weighted by molar-refractivity contribution is 7.89. The molecular weight excluding hydrogens is 412 g/mol. The Kier molecular flexibility index (Phi) is 7.68. The quantitative estimate of drug-likeness (QED) is 0.503. The van der Waals surface area contributed by atoms with E-state index in [0.717, 1.165) is 11.1 Å². The molecule has 0 aromatic heterocycles. The molecule has 0 amide bonds. The number of hydrogen-bond acceptors (Lipinski definition) is 5. The van der Waals surface area contributed by atoms with Gasteiger partial charge in [0, 0.05) is 5.56 Å². The third kappa shape index (κ3) is 5.85. The second-order valence-corrected chi connectivity index (χ2v) is 9.03. The van der Waals surface area contributed by atoms with E-state index in [4.69, 9.17) is 15.2 Å². The van der Waals surface area contributed by atoms with Gasteiger partial charge in [0.1, 0.15) is 11.5 Å². The van der Waals surface area contributed by atoms with E-state index >= 15 is 0 Å². The summed E-state index contributed by atoms with van der Waals surface area (Å²) in [6.45, 7) is 0. The summed E-state index contributed by atoms with van der Waals surface area (Å²) in [7, 11) is -0.569. The standard InChI is InChI=1S/C24H28N2O4S/c1-29-21-14-9-15-22(30-2)20(21)16-17-31(27,28)26-24(19-12-7-4-8-13-19)23(25)18-10-5-3-6-11-18/h3-15,23-24,26H,16-17,25H2,1-2H3. The van der Waals surface area contributed by atoms with Crippen LogP contribution in [0.4, 0.5) is 0 Å². The van der Waals surface area contributed by atoms with Crippen LogP contribution in [0.15, 0.2) is 78.9 Å². The summed E-state index contributed by atoms with van der Waals surface area (Å²) in [6.07, 6.45) is 0.241. The van der Waals surface area contributed by atoms with Gasteiger partial charge in [-0.15, -0.1) is 0 Å². The summed E-state index contributed by atoms with van der Waals surface area (Å²) in [5, 5.41) is 0. The largest absolute Gasteiger partial charge is 0.496 e. The lowest BCUT2D eigenvalue weighted by atomic mass is 9.95. The van der Waals surface area contributed by atoms with Crippen LogP contribution in [0.25, 0.3) is 0 Å². The van der Waals surface area contributed by atoms with Crippen molar-refractivity contribution in [2.24, 2.45) is 5.73 Å². The number of nitrogens with one attached hydrogen (secondary N) is 1. The molecule has 3 rings (SSSR count). The Labute approximate surface area is 184 Å². The van der Waals surface area contributed by atoms with Gasteiger partial charge >= 0.3 is 0 Å². The Morgan fingerprint density at radius 2 is 1.32 bits per heavy atom. The Hall–Kier alpha value is -2.87. The van der Waals surface area contributed by atoms with E-state index in [1.54, 1.807) is 32.4 Å². The van der Waals surface area contributed by atoms with Gasteiger partial charge in [-0.2, -0.15) is 0 Å². The molecule has 0 fully saturated rings. The molecule has 0 aliphatic carbocycles. The molecule has 0 aliphatic heterocycles. The predicted molar refractivity (Wildman–Crippen MR) is 123 cm³/mol. The van der Waals surface area contributed by atoms with Gasteiger partial charge < -0.3 is 15.2 Å². The molecular formula is C24H28N2O4S. The van der Waals surface area contributed by atoms with Gasteiger partial charge in [-0.3, -0.25) is 0 Å². The molecule has 2 unspecified atom stereocenters. The zero-order valence-electron chi connectivity index (χ0n) is 17.7. The number of methoxy groups -OCH3 is 2. The summed E-state index contributed by atoms with van der Waals surface area (Å²) in [4.78, 5) is 0. The lowest BCUT2D eigenvalue weighted by Crippen LogP contribution is -2.37. The minimum Gasteiger partial charge on any atom is -0.496 e. The van der Waals surface area contributed by atoms with Crippen molar-refractivity contribution in [3.63, 3.8) is 0 Å². The van der Waals surface area contributed by atoms with Crippen LogP contribution in [0.5, 0.6) is 11.5 Å². The summed E-state index contributed by atoms with van der Waals surface area (Å²) in [6, 6.07) is 23.1. The number of sulfonamides is 1. The average Bonchev–Trinajstić information content (AvgIpc) is 2.81. The van der Waals surface area contributed by atoms with Crippen LogP contribution in [-0.2, 0) is 16.4 Å². The minimum atomic E-state index is -3.67. The zero-order chi connectivity index (χ0) is 22.3. The normalized spacial score (nSPS) is 13.4. The Bertz CT molecular complexity index is 1050. The molecule has 3 aromatic carbocycles. The van der Waals surface area contributed by atoms with Gasteiger partial charge in [0.25, 0.3) is 0 Å². The molecule has 3 aromatic rings. The van der Waals surface area contributed by atoms with Crippen molar-refractivity contribution >= 4 is 10.0 Å². The molecule has 164 valence electrons. The average molecular weight is 441 g/mol. The van der Waals surface area contributed by atoms with Crippen molar-refractivity contribution in [3.05, 3.63) is 95.6 Å². The van der Waals surface area contributed by atoms with E-state index in [1.807, 2.05) is 60.7 Å². The van der Waals surface area contributed by atoms with Gasteiger partial charge in [0.05, 0.1) is 32.1 Å². The molecule has 0 radical (unpaired) electrons. The smallest absolute Gasteiger partial charge is 0.212 e. The van der Waals surface area contributed by atoms with Crippen LogP contribution in [0.2, 0.25) is 0 Å². The topological polar surface area (TPSA) is 90.6 Å². The summed E-state index contributed by atoms with van der Waals surface area (Å²) >= 11 is 0. The van der Waals surface area contributed by atoms with Crippen molar-refractivity contribution in [2.75, 3.05) is 20.0 Å². The Morgan fingerprint density at radius 3 is 1.84 bits per heavy atom. The fourth-order valence-electron chi connectivity index (χ4n) is 3.54. The summed E-state index contributed by atoms with van der Waals surface area (Å²) in [5.41, 5.74) is 8.88. The second-order valence-electron chi connectivity index (χ2n) is 7.15. The SMILES string of the molecule is COc1cccc(OC)c1CCS(=O)(=O)NC(c1ccccc1)C(N)c1ccccc1. The van der Waals surface area contributed by atoms with E-state index in [2.05, 4.69) is 4.72 Å². The molecule has 7 heteroatoms. The lowest BCUT2D eigenvalue weighted by molar-refractivity contribution is 0.386. The van der Waals surface area contributed by atoms with Crippen molar-refractivity contribution in [1.29, 1.82) is 0 Å². The third-order valence-electron chi connectivity index (χ3n) is 5.16. The molecule has 0 aliphatic rings. The Balaban J connectivity index is 1.84.